The number of fused-ring (bicyclic) bond motifs is 1. The molecule has 0 aliphatic carbocycles. The van der Waals surface area contributed by atoms with E-state index in [0.29, 0.717) is 39.1 Å². The quantitative estimate of drug-likeness (QED) is 0.713. The highest BCUT2D eigenvalue weighted by atomic mass is 16.6. The molecule has 1 N–H and O–H groups in total. The molecule has 0 saturated carbocycles. The van der Waals surface area contributed by atoms with Gasteiger partial charge in [0.05, 0.1) is 30.8 Å². The molecule has 10 heteroatoms. The predicted octanol–water partition coefficient (Wildman–Crippen LogP) is 3.44. The predicted molar refractivity (Wildman–Crippen MR) is 128 cm³/mol. The summed E-state index contributed by atoms with van der Waals surface area (Å²) in [7, 11) is 0. The minimum Gasteiger partial charge on any atom is -0.445 e. The van der Waals surface area contributed by atoms with Crippen molar-refractivity contribution in [2.75, 3.05) is 31.1 Å². The van der Waals surface area contributed by atoms with Crippen molar-refractivity contribution in [3.05, 3.63) is 47.2 Å². The topological polar surface area (TPSA) is 115 Å². The van der Waals surface area contributed by atoms with Crippen LogP contribution in [-0.2, 0) is 29.0 Å². The SMILES string of the molecule is CC(C)(C)OC(=O)N1CCc2c(N3CCN(C(=O)OCc4ccccc4)[C@@H](CC#N)C3)n[nH]c2C1. The molecule has 2 aromatic rings. The molecule has 4 rings (SSSR count). The van der Waals surface area contributed by atoms with Crippen molar-refractivity contribution in [1.82, 2.24) is 20.0 Å². The molecule has 0 radical (unpaired) electrons. The Balaban J connectivity index is 1.40. The van der Waals surface area contributed by atoms with Crippen molar-refractivity contribution in [1.29, 1.82) is 5.26 Å². The number of benzene rings is 1. The van der Waals surface area contributed by atoms with Crippen molar-refractivity contribution < 1.29 is 19.1 Å². The molecular weight excluding hydrogens is 448 g/mol. The summed E-state index contributed by atoms with van der Waals surface area (Å²) in [4.78, 5) is 30.7. The fourth-order valence-corrected chi connectivity index (χ4v) is 4.41. The smallest absolute Gasteiger partial charge is 0.410 e. The number of nitriles is 1. The van der Waals surface area contributed by atoms with E-state index in [0.717, 1.165) is 22.6 Å². The third-order valence-electron chi connectivity index (χ3n) is 6.11. The lowest BCUT2D eigenvalue weighted by Gasteiger charge is -2.40. The fourth-order valence-electron chi connectivity index (χ4n) is 4.41. The van der Waals surface area contributed by atoms with Crippen molar-refractivity contribution in [3.63, 3.8) is 0 Å². The number of anilines is 1. The molecule has 0 unspecified atom stereocenters. The number of nitrogens with one attached hydrogen (secondary N) is 1. The van der Waals surface area contributed by atoms with Crippen LogP contribution < -0.4 is 4.90 Å². The first-order valence-electron chi connectivity index (χ1n) is 11.9. The first-order chi connectivity index (χ1) is 16.7. The van der Waals surface area contributed by atoms with Crippen LogP contribution in [-0.4, -0.2) is 70.0 Å². The van der Waals surface area contributed by atoms with Gasteiger partial charge < -0.3 is 24.2 Å². The third kappa shape index (κ3) is 5.85. The molecule has 1 atom stereocenters. The Hall–Kier alpha value is -3.74. The number of ether oxygens (including phenoxy) is 2. The van der Waals surface area contributed by atoms with Crippen LogP contribution in [0.15, 0.2) is 30.3 Å². The summed E-state index contributed by atoms with van der Waals surface area (Å²) < 4.78 is 11.0. The van der Waals surface area contributed by atoms with Gasteiger partial charge in [-0.05, 0) is 32.8 Å². The van der Waals surface area contributed by atoms with Gasteiger partial charge in [0, 0.05) is 31.7 Å². The molecule has 35 heavy (non-hydrogen) atoms. The first-order valence-corrected chi connectivity index (χ1v) is 11.9. The van der Waals surface area contributed by atoms with Crippen molar-refractivity contribution in [3.8, 4) is 6.07 Å². The number of piperazine rings is 1. The molecule has 1 saturated heterocycles. The summed E-state index contributed by atoms with van der Waals surface area (Å²) in [6, 6.07) is 11.4. The number of carbonyl (C=O) groups is 2. The van der Waals surface area contributed by atoms with Crippen molar-refractivity contribution in [2.24, 2.45) is 0 Å². The van der Waals surface area contributed by atoms with Gasteiger partial charge in [-0.1, -0.05) is 30.3 Å². The van der Waals surface area contributed by atoms with E-state index in [9.17, 15) is 14.9 Å². The highest BCUT2D eigenvalue weighted by Crippen LogP contribution is 2.29. The lowest BCUT2D eigenvalue weighted by Crippen LogP contribution is -2.55. The third-order valence-corrected chi connectivity index (χ3v) is 6.11. The van der Waals surface area contributed by atoms with Crippen LogP contribution in [0, 0.1) is 11.3 Å². The largest absolute Gasteiger partial charge is 0.445 e. The summed E-state index contributed by atoms with van der Waals surface area (Å²) in [6.07, 6.45) is 0.111. The minimum absolute atomic E-state index is 0.195. The highest BCUT2D eigenvalue weighted by Gasteiger charge is 2.35. The molecule has 2 aliphatic rings. The number of rotatable bonds is 4. The maximum atomic E-state index is 12.8. The zero-order chi connectivity index (χ0) is 25.0. The van der Waals surface area contributed by atoms with Gasteiger partial charge in [0.25, 0.3) is 0 Å². The molecular formula is C25H32N6O4. The van der Waals surface area contributed by atoms with Gasteiger partial charge in [0.15, 0.2) is 5.82 Å². The highest BCUT2D eigenvalue weighted by molar-refractivity contribution is 5.70. The van der Waals surface area contributed by atoms with Crippen molar-refractivity contribution in [2.45, 2.75) is 58.4 Å². The van der Waals surface area contributed by atoms with E-state index in [2.05, 4.69) is 21.2 Å². The van der Waals surface area contributed by atoms with Crippen LogP contribution in [0.3, 0.4) is 0 Å². The van der Waals surface area contributed by atoms with Crippen LogP contribution >= 0.6 is 0 Å². The summed E-state index contributed by atoms with van der Waals surface area (Å²) in [6.45, 7) is 8.20. The molecule has 0 spiro atoms. The minimum atomic E-state index is -0.547. The van der Waals surface area contributed by atoms with Gasteiger partial charge in [-0.3, -0.25) is 5.10 Å². The Kier molecular flexibility index (Phi) is 7.15. The van der Waals surface area contributed by atoms with Crippen LogP contribution in [0.1, 0.15) is 44.0 Å². The Bertz CT molecular complexity index is 1090. The molecule has 1 aromatic heterocycles. The fraction of sp³-hybridized carbons (Fsp3) is 0.520. The number of aromatic amines is 1. The summed E-state index contributed by atoms with van der Waals surface area (Å²) >= 11 is 0. The lowest BCUT2D eigenvalue weighted by atomic mass is 10.0. The van der Waals surface area contributed by atoms with Gasteiger partial charge in [-0.15, -0.1) is 0 Å². The van der Waals surface area contributed by atoms with E-state index in [4.69, 9.17) is 9.47 Å². The second-order valence-corrected chi connectivity index (χ2v) is 9.85. The van der Waals surface area contributed by atoms with E-state index in [1.54, 1.807) is 9.80 Å². The second kappa shape index (κ2) is 10.3. The number of carbonyl (C=O) groups excluding carboxylic acids is 2. The molecule has 2 amide bonds. The molecule has 1 aromatic carbocycles. The molecule has 2 aliphatic heterocycles. The Morgan fingerprint density at radius 3 is 2.66 bits per heavy atom. The lowest BCUT2D eigenvalue weighted by molar-refractivity contribution is 0.0221. The monoisotopic (exact) mass is 480 g/mol. The first kappa shape index (κ1) is 24.4. The van der Waals surface area contributed by atoms with E-state index in [1.807, 2.05) is 51.1 Å². The van der Waals surface area contributed by atoms with E-state index >= 15 is 0 Å². The van der Waals surface area contributed by atoms with Gasteiger partial charge in [-0.25, -0.2) is 9.59 Å². The molecule has 0 bridgehead atoms. The van der Waals surface area contributed by atoms with E-state index in [-0.39, 0.29) is 25.2 Å². The van der Waals surface area contributed by atoms with Crippen LogP contribution in [0.2, 0.25) is 0 Å². The Morgan fingerprint density at radius 1 is 1.17 bits per heavy atom. The zero-order valence-electron chi connectivity index (χ0n) is 20.5. The number of aromatic nitrogens is 2. The van der Waals surface area contributed by atoms with Crippen LogP contribution in [0.4, 0.5) is 15.4 Å². The number of hydrogen-bond donors (Lipinski definition) is 1. The number of H-pyrrole nitrogens is 1. The summed E-state index contributed by atoms with van der Waals surface area (Å²) in [5, 5.41) is 17.0. The summed E-state index contributed by atoms with van der Waals surface area (Å²) in [5.74, 6) is 0.823. The maximum Gasteiger partial charge on any atom is 0.410 e. The van der Waals surface area contributed by atoms with Crippen LogP contribution in [0.5, 0.6) is 0 Å². The molecule has 3 heterocycles. The van der Waals surface area contributed by atoms with Crippen molar-refractivity contribution >= 4 is 18.0 Å². The van der Waals surface area contributed by atoms with Gasteiger partial charge in [0.2, 0.25) is 0 Å². The normalized spacial score (nSPS) is 18.0. The van der Waals surface area contributed by atoms with Gasteiger partial charge in [0.1, 0.15) is 12.2 Å². The standard InChI is InChI=1S/C25H32N6O4/c1-25(2,3)35-23(32)30-12-10-20-21(16-30)27-28-22(20)29-13-14-31(19(15-29)9-11-26)24(33)34-17-18-7-5-4-6-8-18/h4-8,19H,9-10,12-17H2,1-3H3,(H,27,28)/t19-/m0/s1. The van der Waals surface area contributed by atoms with Gasteiger partial charge in [-0.2, -0.15) is 10.4 Å². The number of nitrogens with zero attached hydrogens (tertiary/aromatic N) is 5. The van der Waals surface area contributed by atoms with E-state index < -0.39 is 11.7 Å². The van der Waals surface area contributed by atoms with Crippen LogP contribution in [0.25, 0.3) is 0 Å². The Morgan fingerprint density at radius 2 is 1.94 bits per heavy atom. The Labute approximate surface area is 205 Å². The molecule has 1 fully saturated rings. The molecule has 186 valence electrons. The second-order valence-electron chi connectivity index (χ2n) is 9.85. The number of hydrogen-bond acceptors (Lipinski definition) is 7. The average molecular weight is 481 g/mol. The zero-order valence-corrected chi connectivity index (χ0v) is 20.5. The van der Waals surface area contributed by atoms with E-state index in [1.165, 1.54) is 0 Å². The maximum absolute atomic E-state index is 12.8. The average Bonchev–Trinajstić information content (AvgIpc) is 3.25. The summed E-state index contributed by atoms with van der Waals surface area (Å²) in [5.41, 5.74) is 2.33. The number of amides is 2. The molecule has 10 nitrogen and oxygen atoms in total. The van der Waals surface area contributed by atoms with Gasteiger partial charge >= 0.3 is 12.2 Å².